The molecule has 0 atom stereocenters. The molecular formula is C39H60F3NO12. The maximum absolute atomic E-state index is 13.1. The van der Waals surface area contributed by atoms with Crippen LogP contribution in [-0.2, 0) is 58.3 Å². The minimum absolute atomic E-state index is 0.000826. The van der Waals surface area contributed by atoms with Crippen molar-refractivity contribution in [3.63, 3.8) is 0 Å². The van der Waals surface area contributed by atoms with Gasteiger partial charge in [-0.3, -0.25) is 0 Å². The first-order valence-electron chi connectivity index (χ1n) is 18.9. The van der Waals surface area contributed by atoms with Crippen LogP contribution < -0.4 is 5.32 Å². The number of ether oxygens (including phenoxy) is 11. The number of esters is 1. The van der Waals surface area contributed by atoms with Crippen molar-refractivity contribution in [2.24, 2.45) is 0 Å². The Bertz CT molecular complexity index is 1210. The Labute approximate surface area is 323 Å². The van der Waals surface area contributed by atoms with Crippen LogP contribution in [0.1, 0.15) is 42.1 Å². The van der Waals surface area contributed by atoms with Crippen LogP contribution in [0.2, 0.25) is 0 Å². The van der Waals surface area contributed by atoms with Crippen molar-refractivity contribution >= 4 is 17.3 Å². The molecule has 0 heterocycles. The molecule has 2 aromatic carbocycles. The lowest BCUT2D eigenvalue weighted by Crippen LogP contribution is -2.16. The van der Waals surface area contributed by atoms with Crippen LogP contribution in [0, 0.1) is 0 Å². The number of hydrogen-bond donors (Lipinski definition) is 1. The van der Waals surface area contributed by atoms with Gasteiger partial charge in [-0.05, 0) is 36.8 Å². The Morgan fingerprint density at radius 3 is 1.33 bits per heavy atom. The average Bonchev–Trinajstić information content (AvgIpc) is 3.18. The predicted octanol–water partition coefficient (Wildman–Crippen LogP) is 5.96. The summed E-state index contributed by atoms with van der Waals surface area (Å²) in [6.07, 6.45) is -0.978. The second kappa shape index (κ2) is 33.3. The number of hydrogen-bond acceptors (Lipinski definition) is 13. The van der Waals surface area contributed by atoms with Crippen LogP contribution in [0.4, 0.5) is 24.5 Å². The maximum Gasteiger partial charge on any atom is 0.416 e. The summed E-state index contributed by atoms with van der Waals surface area (Å²) < 4.78 is 99.1. The summed E-state index contributed by atoms with van der Waals surface area (Å²) in [6.45, 7) is 11.6. The lowest BCUT2D eigenvalue weighted by molar-refractivity contribution is -0.137. The standard InChI is InChI=1S/C39H60F3NO12/c1-2-3-6-12-45-13-14-46-15-16-47-17-18-48-19-20-49-21-22-50-23-24-51-25-26-52-27-28-53-29-30-54-31-32-55-38(44)36-10-4-5-11-37(36)43-35-9-7-8-34(33-35)39(40,41)42/h4-5,7-11,33,43H,2-3,6,12-32H2,1H3. The Morgan fingerprint density at radius 1 is 0.509 bits per heavy atom. The molecule has 0 aromatic heterocycles. The van der Waals surface area contributed by atoms with E-state index in [4.69, 9.17) is 52.1 Å². The minimum atomic E-state index is -4.48. The molecule has 1 N–H and O–H groups in total. The first kappa shape index (κ1) is 48.2. The molecule has 0 aliphatic rings. The molecule has 55 heavy (non-hydrogen) atoms. The van der Waals surface area contributed by atoms with Gasteiger partial charge in [-0.1, -0.05) is 38.0 Å². The SMILES string of the molecule is CCCCCOCCOCCOCCOCCOCCOCCOCCOCCOCCOCCOC(=O)c1ccccc1Nc1cccc(C(F)(F)F)c1. The summed E-state index contributed by atoms with van der Waals surface area (Å²) >= 11 is 0. The van der Waals surface area contributed by atoms with Crippen LogP contribution >= 0.6 is 0 Å². The highest BCUT2D eigenvalue weighted by atomic mass is 19.4. The van der Waals surface area contributed by atoms with Gasteiger partial charge in [0.15, 0.2) is 0 Å². The second-order valence-electron chi connectivity index (χ2n) is 11.7. The van der Waals surface area contributed by atoms with E-state index in [1.54, 1.807) is 18.2 Å². The van der Waals surface area contributed by atoms with Crippen LogP contribution in [-0.4, -0.2) is 145 Å². The number of unbranched alkanes of at least 4 members (excludes halogenated alkanes) is 2. The molecule has 0 radical (unpaired) electrons. The van der Waals surface area contributed by atoms with Gasteiger partial charge in [-0.2, -0.15) is 13.2 Å². The number of carbonyl (C=O) groups is 1. The Morgan fingerprint density at radius 2 is 0.909 bits per heavy atom. The molecule has 13 nitrogen and oxygen atoms in total. The van der Waals surface area contributed by atoms with Crippen molar-refractivity contribution in [3.05, 3.63) is 59.7 Å². The molecule has 0 fully saturated rings. The van der Waals surface area contributed by atoms with Crippen LogP contribution in [0.15, 0.2) is 48.5 Å². The number of anilines is 2. The molecule has 0 bridgehead atoms. The van der Waals surface area contributed by atoms with Crippen molar-refractivity contribution in [2.75, 3.05) is 144 Å². The third-order valence-electron chi connectivity index (χ3n) is 7.32. The highest BCUT2D eigenvalue weighted by Gasteiger charge is 2.30. The first-order chi connectivity index (χ1) is 26.9. The van der Waals surface area contributed by atoms with Gasteiger partial charge >= 0.3 is 12.1 Å². The van der Waals surface area contributed by atoms with Gasteiger partial charge in [0.05, 0.1) is 142 Å². The minimum Gasteiger partial charge on any atom is -0.460 e. The fourth-order valence-electron chi connectivity index (χ4n) is 4.51. The number of benzene rings is 2. The van der Waals surface area contributed by atoms with Crippen molar-refractivity contribution < 1.29 is 70.1 Å². The van der Waals surface area contributed by atoms with E-state index in [0.29, 0.717) is 125 Å². The quantitative estimate of drug-likeness (QED) is 0.0639. The monoisotopic (exact) mass is 791 g/mol. The van der Waals surface area contributed by atoms with Gasteiger partial charge in [0.2, 0.25) is 0 Å². The molecule has 0 amide bonds. The number of nitrogens with one attached hydrogen (secondary N) is 1. The third kappa shape index (κ3) is 26.6. The van der Waals surface area contributed by atoms with E-state index in [1.807, 2.05) is 0 Å². The molecule has 2 rings (SSSR count). The van der Waals surface area contributed by atoms with Crippen molar-refractivity contribution in [1.29, 1.82) is 0 Å². The first-order valence-corrected chi connectivity index (χ1v) is 18.9. The average molecular weight is 792 g/mol. The number of alkyl halides is 3. The van der Waals surface area contributed by atoms with Crippen LogP contribution in [0.3, 0.4) is 0 Å². The van der Waals surface area contributed by atoms with E-state index < -0.39 is 17.7 Å². The summed E-state index contributed by atoms with van der Waals surface area (Å²) in [5.74, 6) is -0.628. The summed E-state index contributed by atoms with van der Waals surface area (Å²) in [6, 6.07) is 11.1. The second-order valence-corrected chi connectivity index (χ2v) is 11.7. The zero-order valence-corrected chi connectivity index (χ0v) is 32.1. The normalized spacial score (nSPS) is 11.6. The Hall–Kier alpha value is -2.90. The molecule has 2 aromatic rings. The van der Waals surface area contributed by atoms with Gasteiger partial charge in [0.25, 0.3) is 0 Å². The fourth-order valence-corrected chi connectivity index (χ4v) is 4.51. The highest BCUT2D eigenvalue weighted by Crippen LogP contribution is 2.32. The molecule has 16 heteroatoms. The van der Waals surface area contributed by atoms with Gasteiger partial charge < -0.3 is 57.4 Å². The zero-order valence-electron chi connectivity index (χ0n) is 32.1. The maximum atomic E-state index is 13.1. The lowest BCUT2D eigenvalue weighted by atomic mass is 10.1. The lowest BCUT2D eigenvalue weighted by Gasteiger charge is -2.13. The largest absolute Gasteiger partial charge is 0.460 e. The van der Waals surface area contributed by atoms with Crippen LogP contribution in [0.5, 0.6) is 0 Å². The van der Waals surface area contributed by atoms with Gasteiger partial charge in [0, 0.05) is 12.3 Å². The molecular weight excluding hydrogens is 731 g/mol. The van der Waals surface area contributed by atoms with E-state index in [9.17, 15) is 18.0 Å². The zero-order chi connectivity index (χ0) is 39.5. The predicted molar refractivity (Wildman–Crippen MR) is 199 cm³/mol. The number of halogens is 3. The van der Waals surface area contributed by atoms with Crippen molar-refractivity contribution in [3.8, 4) is 0 Å². The Balaban J connectivity index is 1.28. The fraction of sp³-hybridized carbons (Fsp3) is 0.667. The number of rotatable bonds is 37. The van der Waals surface area contributed by atoms with Crippen molar-refractivity contribution in [1.82, 2.24) is 0 Å². The summed E-state index contributed by atoms with van der Waals surface area (Å²) in [4.78, 5) is 12.6. The van der Waals surface area contributed by atoms with E-state index in [2.05, 4.69) is 12.2 Å². The van der Waals surface area contributed by atoms with E-state index >= 15 is 0 Å². The molecule has 314 valence electrons. The number of para-hydroxylation sites is 1. The van der Waals surface area contributed by atoms with Gasteiger partial charge in [-0.25, -0.2) is 4.79 Å². The van der Waals surface area contributed by atoms with E-state index in [-0.39, 0.29) is 24.5 Å². The molecule has 0 unspecified atom stereocenters. The van der Waals surface area contributed by atoms with Crippen LogP contribution in [0.25, 0.3) is 0 Å². The molecule has 0 saturated heterocycles. The molecule has 0 spiro atoms. The summed E-state index contributed by atoms with van der Waals surface area (Å²) in [7, 11) is 0. The third-order valence-corrected chi connectivity index (χ3v) is 7.32. The highest BCUT2D eigenvalue weighted by molar-refractivity contribution is 5.96. The molecule has 0 saturated carbocycles. The van der Waals surface area contributed by atoms with Gasteiger partial charge in [-0.15, -0.1) is 0 Å². The molecule has 0 aliphatic heterocycles. The molecule has 0 aliphatic carbocycles. The smallest absolute Gasteiger partial charge is 0.416 e. The number of carbonyl (C=O) groups excluding carboxylic acids is 1. The van der Waals surface area contributed by atoms with Crippen molar-refractivity contribution in [2.45, 2.75) is 32.4 Å². The summed E-state index contributed by atoms with van der Waals surface area (Å²) in [5, 5.41) is 2.86. The summed E-state index contributed by atoms with van der Waals surface area (Å²) in [5.41, 5.74) is -0.0875. The van der Waals surface area contributed by atoms with E-state index in [0.717, 1.165) is 25.2 Å². The van der Waals surface area contributed by atoms with E-state index in [1.165, 1.54) is 31.0 Å². The Kier molecular flexibility index (Phi) is 29.2. The van der Waals surface area contributed by atoms with Gasteiger partial charge in [0.1, 0.15) is 6.61 Å². The topological polar surface area (TPSA) is 131 Å².